The summed E-state index contributed by atoms with van der Waals surface area (Å²) in [7, 11) is 0. The van der Waals surface area contributed by atoms with Crippen LogP contribution in [0.1, 0.15) is 22.3 Å². The van der Waals surface area contributed by atoms with Gasteiger partial charge in [0.05, 0.1) is 6.42 Å². The predicted octanol–water partition coefficient (Wildman–Crippen LogP) is 2.07. The smallest absolute Gasteiger partial charge is 0.254 e. The van der Waals surface area contributed by atoms with Crippen LogP contribution in [0.25, 0.3) is 11.1 Å². The SMILES string of the molecule is O=C(Cc1cc[nH]c1)N1CCCN(C(=O)c2ccc3ncoc3c2)CC1. The van der Waals surface area contributed by atoms with E-state index in [0.29, 0.717) is 43.7 Å². The van der Waals surface area contributed by atoms with Gasteiger partial charge in [-0.15, -0.1) is 0 Å². The van der Waals surface area contributed by atoms with Crippen LogP contribution in [-0.4, -0.2) is 57.8 Å². The molecule has 0 aliphatic carbocycles. The van der Waals surface area contributed by atoms with Gasteiger partial charge in [0.1, 0.15) is 5.52 Å². The number of nitrogens with one attached hydrogen (secondary N) is 1. The van der Waals surface area contributed by atoms with E-state index >= 15 is 0 Å². The van der Waals surface area contributed by atoms with Gasteiger partial charge < -0.3 is 19.2 Å². The Hall–Kier alpha value is -3.09. The number of benzene rings is 1. The molecule has 1 N–H and O–H groups in total. The van der Waals surface area contributed by atoms with Crippen LogP contribution in [0.5, 0.6) is 0 Å². The van der Waals surface area contributed by atoms with E-state index in [2.05, 4.69) is 9.97 Å². The van der Waals surface area contributed by atoms with Gasteiger partial charge in [-0.3, -0.25) is 9.59 Å². The highest BCUT2D eigenvalue weighted by Gasteiger charge is 2.23. The number of fused-ring (bicyclic) bond motifs is 1. The quantitative estimate of drug-likeness (QED) is 0.782. The molecule has 0 bridgehead atoms. The van der Waals surface area contributed by atoms with Crippen LogP contribution < -0.4 is 0 Å². The molecule has 0 atom stereocenters. The number of oxazole rings is 1. The van der Waals surface area contributed by atoms with Crippen LogP contribution in [-0.2, 0) is 11.2 Å². The molecule has 1 saturated heterocycles. The van der Waals surface area contributed by atoms with Crippen molar-refractivity contribution in [3.05, 3.63) is 54.2 Å². The van der Waals surface area contributed by atoms with Crippen LogP contribution in [0.2, 0.25) is 0 Å². The Morgan fingerprint density at radius 2 is 1.96 bits per heavy atom. The molecule has 1 aliphatic rings. The number of carbonyl (C=O) groups is 2. The van der Waals surface area contributed by atoms with Gasteiger partial charge >= 0.3 is 0 Å². The zero-order valence-electron chi connectivity index (χ0n) is 14.4. The first-order valence-corrected chi connectivity index (χ1v) is 8.73. The molecule has 2 aromatic heterocycles. The number of amides is 2. The Labute approximate surface area is 150 Å². The molecule has 3 aromatic rings. The maximum atomic E-state index is 12.8. The van der Waals surface area contributed by atoms with Crippen LogP contribution in [0.15, 0.2) is 47.5 Å². The van der Waals surface area contributed by atoms with Crippen molar-refractivity contribution < 1.29 is 14.0 Å². The highest BCUT2D eigenvalue weighted by Crippen LogP contribution is 2.17. The number of aromatic nitrogens is 2. The topological polar surface area (TPSA) is 82.4 Å². The van der Waals surface area contributed by atoms with Crippen molar-refractivity contribution in [2.24, 2.45) is 0 Å². The van der Waals surface area contributed by atoms with E-state index in [1.54, 1.807) is 23.1 Å². The number of carbonyl (C=O) groups excluding carboxylic acids is 2. The van der Waals surface area contributed by atoms with Crippen LogP contribution >= 0.6 is 0 Å². The lowest BCUT2D eigenvalue weighted by Gasteiger charge is -2.22. The monoisotopic (exact) mass is 352 g/mol. The molecular formula is C19H20N4O3. The number of nitrogens with zero attached hydrogens (tertiary/aromatic N) is 3. The fourth-order valence-corrected chi connectivity index (χ4v) is 3.30. The standard InChI is InChI=1S/C19H20N4O3/c24-18(10-14-4-5-20-12-14)22-6-1-7-23(9-8-22)19(25)15-2-3-16-17(11-15)26-13-21-16/h2-5,11-13,20H,1,6-10H2. The van der Waals surface area contributed by atoms with Gasteiger partial charge in [0.2, 0.25) is 5.91 Å². The molecule has 0 saturated carbocycles. The normalized spacial score (nSPS) is 15.2. The molecule has 2 amide bonds. The average molecular weight is 352 g/mol. The highest BCUT2D eigenvalue weighted by molar-refractivity contribution is 5.97. The van der Waals surface area contributed by atoms with Gasteiger partial charge in [0.15, 0.2) is 12.0 Å². The molecule has 0 spiro atoms. The summed E-state index contributed by atoms with van der Waals surface area (Å²) in [5.74, 6) is 0.0604. The molecule has 0 radical (unpaired) electrons. The third-order valence-corrected chi connectivity index (χ3v) is 4.73. The summed E-state index contributed by atoms with van der Waals surface area (Å²) in [6.45, 7) is 2.40. The fourth-order valence-electron chi connectivity index (χ4n) is 3.30. The van der Waals surface area contributed by atoms with Crippen molar-refractivity contribution in [2.45, 2.75) is 12.8 Å². The van der Waals surface area contributed by atoms with Gasteiger partial charge in [0, 0.05) is 44.1 Å². The summed E-state index contributed by atoms with van der Waals surface area (Å²) < 4.78 is 5.28. The summed E-state index contributed by atoms with van der Waals surface area (Å²) >= 11 is 0. The number of hydrogen-bond acceptors (Lipinski definition) is 4. The summed E-state index contributed by atoms with van der Waals surface area (Å²) in [4.78, 5) is 36.0. The Morgan fingerprint density at radius 3 is 2.81 bits per heavy atom. The molecule has 4 rings (SSSR count). The van der Waals surface area contributed by atoms with Crippen molar-refractivity contribution in [1.29, 1.82) is 0 Å². The Morgan fingerprint density at radius 1 is 1.12 bits per heavy atom. The van der Waals surface area contributed by atoms with Gasteiger partial charge in [-0.25, -0.2) is 4.98 Å². The maximum Gasteiger partial charge on any atom is 0.254 e. The second-order valence-electron chi connectivity index (χ2n) is 6.46. The lowest BCUT2D eigenvalue weighted by Crippen LogP contribution is -2.37. The maximum absolute atomic E-state index is 12.8. The highest BCUT2D eigenvalue weighted by atomic mass is 16.3. The van der Waals surface area contributed by atoms with Gasteiger partial charge in [-0.1, -0.05) is 0 Å². The van der Waals surface area contributed by atoms with E-state index in [0.717, 1.165) is 17.5 Å². The molecule has 7 nitrogen and oxygen atoms in total. The third kappa shape index (κ3) is 3.33. The van der Waals surface area contributed by atoms with E-state index in [-0.39, 0.29) is 11.8 Å². The van der Waals surface area contributed by atoms with Gasteiger partial charge in [-0.05, 0) is 36.2 Å². The summed E-state index contributed by atoms with van der Waals surface area (Å²) in [6, 6.07) is 7.19. The second kappa shape index (κ2) is 7.03. The van der Waals surface area contributed by atoms with E-state index in [1.807, 2.05) is 23.4 Å². The molecule has 1 aliphatic heterocycles. The largest absolute Gasteiger partial charge is 0.443 e. The minimum atomic E-state index is -0.0387. The second-order valence-corrected chi connectivity index (χ2v) is 6.46. The van der Waals surface area contributed by atoms with E-state index in [1.165, 1.54) is 6.39 Å². The number of aromatic amines is 1. The first kappa shape index (κ1) is 16.4. The van der Waals surface area contributed by atoms with Crippen molar-refractivity contribution in [2.75, 3.05) is 26.2 Å². The van der Waals surface area contributed by atoms with Crippen LogP contribution in [0.3, 0.4) is 0 Å². The van der Waals surface area contributed by atoms with Gasteiger partial charge in [0.25, 0.3) is 5.91 Å². The number of hydrogen-bond donors (Lipinski definition) is 1. The molecule has 7 heteroatoms. The summed E-state index contributed by atoms with van der Waals surface area (Å²) in [5, 5.41) is 0. The van der Waals surface area contributed by atoms with Crippen molar-refractivity contribution >= 4 is 22.9 Å². The van der Waals surface area contributed by atoms with Gasteiger partial charge in [-0.2, -0.15) is 0 Å². The lowest BCUT2D eigenvalue weighted by molar-refractivity contribution is -0.130. The molecule has 1 aromatic carbocycles. The van der Waals surface area contributed by atoms with E-state index < -0.39 is 0 Å². The van der Waals surface area contributed by atoms with Crippen molar-refractivity contribution in [3.63, 3.8) is 0 Å². The van der Waals surface area contributed by atoms with Crippen LogP contribution in [0.4, 0.5) is 0 Å². The first-order chi connectivity index (χ1) is 12.7. The molecule has 0 unspecified atom stereocenters. The Balaban J connectivity index is 1.41. The zero-order valence-corrected chi connectivity index (χ0v) is 14.4. The molecule has 134 valence electrons. The summed E-state index contributed by atoms with van der Waals surface area (Å²) in [6.07, 6.45) is 6.19. The van der Waals surface area contributed by atoms with E-state index in [4.69, 9.17) is 4.42 Å². The molecule has 3 heterocycles. The zero-order chi connectivity index (χ0) is 17.9. The van der Waals surface area contributed by atoms with Crippen LogP contribution in [0, 0.1) is 0 Å². The van der Waals surface area contributed by atoms with Crippen molar-refractivity contribution in [1.82, 2.24) is 19.8 Å². The predicted molar refractivity (Wildman–Crippen MR) is 95.6 cm³/mol. The Bertz CT molecular complexity index is 916. The third-order valence-electron chi connectivity index (χ3n) is 4.73. The Kier molecular flexibility index (Phi) is 4.43. The average Bonchev–Trinajstić information content (AvgIpc) is 3.27. The van der Waals surface area contributed by atoms with E-state index in [9.17, 15) is 9.59 Å². The molecule has 26 heavy (non-hydrogen) atoms. The number of H-pyrrole nitrogens is 1. The minimum Gasteiger partial charge on any atom is -0.443 e. The summed E-state index contributed by atoms with van der Waals surface area (Å²) in [5.41, 5.74) is 2.90. The van der Waals surface area contributed by atoms with Crippen molar-refractivity contribution in [3.8, 4) is 0 Å². The lowest BCUT2D eigenvalue weighted by atomic mass is 10.1. The molecular weight excluding hydrogens is 332 g/mol. The minimum absolute atomic E-state index is 0.0387. The first-order valence-electron chi connectivity index (χ1n) is 8.73. The molecule has 1 fully saturated rings. The fraction of sp³-hybridized carbons (Fsp3) is 0.316. The number of rotatable bonds is 3.